The lowest BCUT2D eigenvalue weighted by molar-refractivity contribution is -0.127. The third kappa shape index (κ3) is 9.47. The molecule has 0 saturated heterocycles. The second-order valence-electron chi connectivity index (χ2n) is 8.41. The monoisotopic (exact) mass is 522 g/mol. The van der Waals surface area contributed by atoms with Gasteiger partial charge in [-0.2, -0.15) is 0 Å². The van der Waals surface area contributed by atoms with Crippen LogP contribution in [0, 0.1) is 5.41 Å². The number of sulfonamides is 1. The molecule has 2 amide bonds. The highest BCUT2D eigenvalue weighted by molar-refractivity contribution is 7.88. The molecule has 0 saturated carbocycles. The maximum atomic E-state index is 12.9. The van der Waals surface area contributed by atoms with Crippen LogP contribution >= 0.6 is 0 Å². The van der Waals surface area contributed by atoms with Crippen LogP contribution in [0.5, 0.6) is 0 Å². The summed E-state index contributed by atoms with van der Waals surface area (Å²) in [5.74, 6) is -1.33. The fraction of sp³-hybridized carbons (Fsp3) is 0.231. The van der Waals surface area contributed by atoms with E-state index in [2.05, 4.69) is 20.3 Å². The number of nitrogen functional groups attached to an aromatic ring is 1. The van der Waals surface area contributed by atoms with Gasteiger partial charge < -0.3 is 16.4 Å². The molecule has 6 N–H and O–H groups in total. The summed E-state index contributed by atoms with van der Waals surface area (Å²) in [5, 5.41) is 12.6. The van der Waals surface area contributed by atoms with Crippen LogP contribution in [0.25, 0.3) is 0 Å². The van der Waals surface area contributed by atoms with Crippen LogP contribution in [-0.2, 0) is 38.3 Å². The minimum absolute atomic E-state index is 0.0452. The highest BCUT2D eigenvalue weighted by atomic mass is 32.2. The molecular weight excluding hydrogens is 492 g/mol. The fourth-order valence-electron chi connectivity index (χ4n) is 3.51. The predicted octanol–water partition coefficient (Wildman–Crippen LogP) is 1.22. The number of hydrogen-bond donors (Lipinski definition) is 5. The summed E-state index contributed by atoms with van der Waals surface area (Å²) in [7, 11) is -3.83. The maximum absolute atomic E-state index is 12.9. The van der Waals surface area contributed by atoms with Crippen molar-refractivity contribution in [3.05, 3.63) is 101 Å². The van der Waals surface area contributed by atoms with E-state index < -0.39 is 27.9 Å². The first kappa shape index (κ1) is 27.5. The number of nitrogens with one attached hydrogen (secondary N) is 4. The summed E-state index contributed by atoms with van der Waals surface area (Å²) in [6.45, 7) is -0.0847. The van der Waals surface area contributed by atoms with Crippen molar-refractivity contribution in [2.75, 3.05) is 6.54 Å². The van der Waals surface area contributed by atoms with Gasteiger partial charge in [0.15, 0.2) is 0 Å². The number of hydrogen-bond acceptors (Lipinski definition) is 6. The average Bonchev–Trinajstić information content (AvgIpc) is 2.89. The van der Waals surface area contributed by atoms with Gasteiger partial charge in [-0.3, -0.25) is 20.0 Å². The van der Waals surface area contributed by atoms with E-state index in [0.29, 0.717) is 17.5 Å². The molecule has 2 aromatic carbocycles. The largest absolute Gasteiger partial charge is 0.384 e. The van der Waals surface area contributed by atoms with Crippen LogP contribution in [0.3, 0.4) is 0 Å². The molecule has 194 valence electrons. The SMILES string of the molecule is N=C(N)c1ccc(CNC(=O)CNC(=O)[C@@H](CCc2ccncc2)NS(=O)(=O)Cc2ccccc2)cc1. The summed E-state index contributed by atoms with van der Waals surface area (Å²) in [5.41, 5.74) is 8.32. The van der Waals surface area contributed by atoms with E-state index in [1.807, 2.05) is 0 Å². The Morgan fingerprint density at radius 3 is 2.22 bits per heavy atom. The Kier molecular flexibility index (Phi) is 9.87. The Morgan fingerprint density at radius 1 is 0.892 bits per heavy atom. The number of carbonyl (C=O) groups excluding carboxylic acids is 2. The van der Waals surface area contributed by atoms with Gasteiger partial charge in [-0.15, -0.1) is 0 Å². The molecular formula is C26H30N6O4S. The van der Waals surface area contributed by atoms with Crippen molar-refractivity contribution in [1.29, 1.82) is 5.41 Å². The van der Waals surface area contributed by atoms with Gasteiger partial charge in [-0.05, 0) is 41.7 Å². The Bertz CT molecular complexity index is 1300. The lowest BCUT2D eigenvalue weighted by atomic mass is 10.1. The molecule has 1 aromatic heterocycles. The smallest absolute Gasteiger partial charge is 0.239 e. The van der Waals surface area contributed by atoms with E-state index in [4.69, 9.17) is 11.1 Å². The number of rotatable bonds is 13. The summed E-state index contributed by atoms with van der Waals surface area (Å²) in [6, 6.07) is 18.1. The molecule has 3 rings (SSSR count). The molecule has 0 unspecified atom stereocenters. The topological polar surface area (TPSA) is 167 Å². The number of aromatic nitrogens is 1. The molecule has 0 fully saturated rings. The Hall–Kier alpha value is -4.09. The number of nitrogens with two attached hydrogens (primary N) is 1. The molecule has 0 spiro atoms. The van der Waals surface area contributed by atoms with Crippen molar-refractivity contribution < 1.29 is 18.0 Å². The van der Waals surface area contributed by atoms with Gasteiger partial charge in [0, 0.05) is 24.5 Å². The predicted molar refractivity (Wildman–Crippen MR) is 141 cm³/mol. The van der Waals surface area contributed by atoms with E-state index >= 15 is 0 Å². The molecule has 0 aliphatic carbocycles. The van der Waals surface area contributed by atoms with Gasteiger partial charge in [0.1, 0.15) is 11.9 Å². The lowest BCUT2D eigenvalue weighted by Gasteiger charge is -2.19. The van der Waals surface area contributed by atoms with Crippen molar-refractivity contribution >= 4 is 27.7 Å². The molecule has 0 radical (unpaired) electrons. The third-order valence-electron chi connectivity index (χ3n) is 5.49. The first-order valence-electron chi connectivity index (χ1n) is 11.6. The van der Waals surface area contributed by atoms with Crippen LogP contribution in [0.4, 0.5) is 0 Å². The van der Waals surface area contributed by atoms with Crippen LogP contribution in [0.15, 0.2) is 79.1 Å². The third-order valence-corrected chi connectivity index (χ3v) is 6.84. The molecule has 10 nitrogen and oxygen atoms in total. The Morgan fingerprint density at radius 2 is 1.57 bits per heavy atom. The standard InChI is InChI=1S/C26H30N6O4S/c27-25(28)22-9-6-20(7-10-22)16-30-24(33)17-31-26(34)23(11-8-19-12-14-29-15-13-19)32-37(35,36)18-21-4-2-1-3-5-21/h1-7,9-10,12-15,23,32H,8,11,16-18H2,(H3,27,28)(H,30,33)(H,31,34)/t23-/m1/s1. The lowest BCUT2D eigenvalue weighted by Crippen LogP contribution is -2.49. The van der Waals surface area contributed by atoms with E-state index in [0.717, 1.165) is 11.1 Å². The summed E-state index contributed by atoms with van der Waals surface area (Å²) in [4.78, 5) is 29.2. The van der Waals surface area contributed by atoms with Crippen LogP contribution in [0.2, 0.25) is 0 Å². The molecule has 1 atom stereocenters. The van der Waals surface area contributed by atoms with Crippen molar-refractivity contribution in [3.8, 4) is 0 Å². The quantitative estimate of drug-likeness (QED) is 0.167. The molecule has 0 aliphatic rings. The number of amides is 2. The second-order valence-corrected chi connectivity index (χ2v) is 10.2. The van der Waals surface area contributed by atoms with Crippen molar-refractivity contribution in [2.24, 2.45) is 5.73 Å². The summed E-state index contributed by atoms with van der Waals surface area (Å²) < 4.78 is 28.1. The van der Waals surface area contributed by atoms with Gasteiger partial charge in [0.2, 0.25) is 21.8 Å². The Balaban J connectivity index is 1.57. The highest BCUT2D eigenvalue weighted by Gasteiger charge is 2.25. The number of carbonyl (C=O) groups is 2. The van der Waals surface area contributed by atoms with E-state index in [-0.39, 0.29) is 31.1 Å². The first-order chi connectivity index (χ1) is 17.7. The molecule has 3 aromatic rings. The minimum atomic E-state index is -3.83. The summed E-state index contributed by atoms with van der Waals surface area (Å²) >= 11 is 0. The highest BCUT2D eigenvalue weighted by Crippen LogP contribution is 2.09. The molecule has 37 heavy (non-hydrogen) atoms. The number of aryl methyl sites for hydroxylation is 1. The van der Waals surface area contributed by atoms with Crippen molar-refractivity contribution in [1.82, 2.24) is 20.3 Å². The minimum Gasteiger partial charge on any atom is -0.384 e. The number of nitrogens with zero attached hydrogens (tertiary/aromatic N) is 1. The first-order valence-corrected chi connectivity index (χ1v) is 13.3. The fourth-order valence-corrected chi connectivity index (χ4v) is 4.88. The van der Waals surface area contributed by atoms with Gasteiger partial charge in [-0.1, -0.05) is 54.6 Å². The van der Waals surface area contributed by atoms with Crippen LogP contribution < -0.4 is 21.1 Å². The van der Waals surface area contributed by atoms with Crippen LogP contribution in [0.1, 0.15) is 28.7 Å². The van der Waals surface area contributed by atoms with Gasteiger partial charge in [0.25, 0.3) is 0 Å². The number of benzene rings is 2. The van der Waals surface area contributed by atoms with E-state index in [9.17, 15) is 18.0 Å². The number of amidine groups is 1. The molecule has 0 aliphatic heterocycles. The van der Waals surface area contributed by atoms with Crippen molar-refractivity contribution in [3.63, 3.8) is 0 Å². The van der Waals surface area contributed by atoms with Crippen LogP contribution in [-0.4, -0.2) is 43.6 Å². The second kappa shape index (κ2) is 13.3. The van der Waals surface area contributed by atoms with Gasteiger partial charge >= 0.3 is 0 Å². The molecule has 11 heteroatoms. The zero-order chi connectivity index (χ0) is 26.7. The van der Waals surface area contributed by atoms with E-state index in [1.165, 1.54) is 0 Å². The van der Waals surface area contributed by atoms with E-state index in [1.54, 1.807) is 79.1 Å². The molecule has 0 bridgehead atoms. The summed E-state index contributed by atoms with van der Waals surface area (Å²) in [6.07, 6.45) is 3.90. The zero-order valence-corrected chi connectivity index (χ0v) is 21.0. The normalized spacial score (nSPS) is 11.9. The Labute approximate surface area is 216 Å². The zero-order valence-electron chi connectivity index (χ0n) is 20.2. The maximum Gasteiger partial charge on any atom is 0.239 e. The van der Waals surface area contributed by atoms with Gasteiger partial charge in [-0.25, -0.2) is 13.1 Å². The molecule has 1 heterocycles. The van der Waals surface area contributed by atoms with Gasteiger partial charge in [0.05, 0.1) is 12.3 Å². The number of pyridine rings is 1. The average molecular weight is 523 g/mol. The van der Waals surface area contributed by atoms with Crippen molar-refractivity contribution in [2.45, 2.75) is 31.2 Å².